The number of fused-ring (bicyclic) bond motifs is 5. The van der Waals surface area contributed by atoms with Gasteiger partial charge in [0, 0.05) is 11.8 Å². The molecule has 3 fully saturated rings. The van der Waals surface area contributed by atoms with Crippen molar-refractivity contribution in [1.29, 1.82) is 0 Å². The highest BCUT2D eigenvalue weighted by Gasteiger charge is 2.66. The maximum absolute atomic E-state index is 12.0. The predicted molar refractivity (Wildman–Crippen MR) is 117 cm³/mol. The molecule has 4 aliphatic rings. The lowest BCUT2D eigenvalue weighted by Gasteiger charge is -2.58. The lowest BCUT2D eigenvalue weighted by Crippen LogP contribution is -2.56. The van der Waals surface area contributed by atoms with Crippen LogP contribution in [0, 0.1) is 28.6 Å². The highest BCUT2D eigenvalue weighted by Crippen LogP contribution is 2.66. The van der Waals surface area contributed by atoms with Crippen LogP contribution in [-0.4, -0.2) is 32.8 Å². The average molecular weight is 410 g/mol. The summed E-state index contributed by atoms with van der Waals surface area (Å²) >= 11 is 0. The van der Waals surface area contributed by atoms with Crippen molar-refractivity contribution in [3.05, 3.63) is 47.5 Å². The highest BCUT2D eigenvalue weighted by atomic mass is 16.4. The van der Waals surface area contributed by atoms with Crippen molar-refractivity contribution in [2.45, 2.75) is 76.9 Å². The Morgan fingerprint density at radius 1 is 1.03 bits per heavy atom. The van der Waals surface area contributed by atoms with E-state index in [0.29, 0.717) is 36.3 Å². The van der Waals surface area contributed by atoms with Crippen molar-refractivity contribution in [2.75, 3.05) is 0 Å². The Labute approximate surface area is 179 Å². The van der Waals surface area contributed by atoms with E-state index in [9.17, 15) is 15.4 Å². The fourth-order valence-electron chi connectivity index (χ4n) is 7.88. The summed E-state index contributed by atoms with van der Waals surface area (Å²) in [7, 11) is 0. The van der Waals surface area contributed by atoms with E-state index in [2.05, 4.69) is 37.2 Å². The van der Waals surface area contributed by atoms with Crippen molar-refractivity contribution >= 4 is 5.71 Å². The number of benzene rings is 1. The van der Waals surface area contributed by atoms with Gasteiger partial charge in [-0.3, -0.25) is 0 Å². The van der Waals surface area contributed by atoms with E-state index in [1.807, 2.05) is 18.2 Å². The largest absolute Gasteiger partial charge is 0.411 e. The topological polar surface area (TPSA) is 73.1 Å². The molecule has 0 saturated heterocycles. The molecule has 0 heterocycles. The Morgan fingerprint density at radius 2 is 1.80 bits per heavy atom. The van der Waals surface area contributed by atoms with Crippen molar-refractivity contribution < 1.29 is 15.4 Å². The van der Waals surface area contributed by atoms with Crippen LogP contribution in [0.5, 0.6) is 0 Å². The van der Waals surface area contributed by atoms with Gasteiger partial charge in [-0.15, -0.1) is 0 Å². The molecule has 0 unspecified atom stereocenters. The van der Waals surface area contributed by atoms with Crippen LogP contribution in [0.25, 0.3) is 0 Å². The third-order valence-electron chi connectivity index (χ3n) is 9.73. The summed E-state index contributed by atoms with van der Waals surface area (Å²) in [5.74, 6) is 1.40. The van der Waals surface area contributed by atoms with Gasteiger partial charge in [0.2, 0.25) is 0 Å². The lowest BCUT2D eigenvalue weighted by molar-refractivity contribution is -0.108. The van der Waals surface area contributed by atoms with E-state index < -0.39 is 5.60 Å². The van der Waals surface area contributed by atoms with Crippen LogP contribution < -0.4 is 0 Å². The molecule has 5 rings (SSSR count). The number of hydrogen-bond acceptors (Lipinski definition) is 4. The number of allylic oxidation sites excluding steroid dienone is 1. The molecule has 30 heavy (non-hydrogen) atoms. The number of rotatable bonds is 2. The third-order valence-corrected chi connectivity index (χ3v) is 9.73. The summed E-state index contributed by atoms with van der Waals surface area (Å²) in [5, 5.41) is 35.8. The summed E-state index contributed by atoms with van der Waals surface area (Å²) in [6.45, 7) is 4.65. The van der Waals surface area contributed by atoms with Gasteiger partial charge >= 0.3 is 0 Å². The molecule has 0 aliphatic heterocycles. The molecule has 4 aliphatic carbocycles. The fourth-order valence-corrected chi connectivity index (χ4v) is 7.88. The maximum atomic E-state index is 12.0. The minimum atomic E-state index is -1.10. The second kappa shape index (κ2) is 6.93. The Balaban J connectivity index is 1.51. The predicted octanol–water partition coefficient (Wildman–Crippen LogP) is 4.72. The molecule has 0 bridgehead atoms. The Bertz CT molecular complexity index is 880. The van der Waals surface area contributed by atoms with Gasteiger partial charge in [0.1, 0.15) is 5.60 Å². The minimum Gasteiger partial charge on any atom is -0.411 e. The molecule has 4 nitrogen and oxygen atoms in total. The smallest absolute Gasteiger partial charge is 0.116 e. The summed E-state index contributed by atoms with van der Waals surface area (Å²) in [5.41, 5.74) is 1.89. The maximum Gasteiger partial charge on any atom is 0.116 e. The summed E-state index contributed by atoms with van der Waals surface area (Å²) < 4.78 is 0. The van der Waals surface area contributed by atoms with Crippen LogP contribution in [0.4, 0.5) is 0 Å². The second-order valence-electron chi connectivity index (χ2n) is 10.9. The van der Waals surface area contributed by atoms with Gasteiger partial charge in [-0.25, -0.2) is 0 Å². The molecule has 1 aromatic carbocycles. The van der Waals surface area contributed by atoms with E-state index >= 15 is 0 Å². The first kappa shape index (κ1) is 20.3. The third kappa shape index (κ3) is 2.69. The van der Waals surface area contributed by atoms with Crippen LogP contribution in [0.3, 0.4) is 0 Å². The normalized spacial score (nSPS) is 46.7. The Hall–Kier alpha value is -1.65. The fraction of sp³-hybridized carbons (Fsp3) is 0.654. The first-order valence-corrected chi connectivity index (χ1v) is 11.7. The first-order valence-electron chi connectivity index (χ1n) is 11.7. The monoisotopic (exact) mass is 409 g/mol. The average Bonchev–Trinajstić information content (AvgIpc) is 2.96. The molecule has 1 aromatic rings. The van der Waals surface area contributed by atoms with Gasteiger partial charge in [-0.2, -0.15) is 0 Å². The van der Waals surface area contributed by atoms with Crippen molar-refractivity contribution in [2.24, 2.45) is 33.7 Å². The zero-order valence-corrected chi connectivity index (χ0v) is 18.2. The number of hydrogen-bond donors (Lipinski definition) is 3. The standard InChI is InChI=1S/C26H35NO3/c1-24-12-10-19(28)14-18(24)8-9-20-21(24)11-13-25(2)22(20)15-23(27-30)26(25,29)16-17-6-4-3-5-7-17/h3-8,19-22,28-30H,9-16H2,1-2H3/b27-23+/t19-,20+,21-,22-,24-,25-,26-/m0/s1. The van der Waals surface area contributed by atoms with Crippen LogP contribution in [0.1, 0.15) is 64.4 Å². The number of aliphatic hydroxyl groups excluding tert-OH is 1. The van der Waals surface area contributed by atoms with Crippen molar-refractivity contribution in [3.63, 3.8) is 0 Å². The van der Waals surface area contributed by atoms with Gasteiger partial charge in [-0.1, -0.05) is 61.0 Å². The quantitative estimate of drug-likeness (QED) is 0.376. The van der Waals surface area contributed by atoms with E-state index in [1.54, 1.807) is 0 Å². The SMILES string of the molecule is C[C@]12CC[C@H](O)CC1=CC[C@@H]1[C@@H]2CC[C@@]2(C)[C@H]1C/C(=N\O)[C@@]2(O)Cc1ccccc1. The van der Waals surface area contributed by atoms with E-state index in [-0.39, 0.29) is 16.9 Å². The van der Waals surface area contributed by atoms with E-state index in [0.717, 1.165) is 44.1 Å². The Kier molecular flexibility index (Phi) is 4.68. The van der Waals surface area contributed by atoms with Gasteiger partial charge in [0.25, 0.3) is 0 Å². The van der Waals surface area contributed by atoms with E-state index in [4.69, 9.17) is 0 Å². The van der Waals surface area contributed by atoms with Crippen molar-refractivity contribution in [1.82, 2.24) is 0 Å². The summed E-state index contributed by atoms with van der Waals surface area (Å²) in [4.78, 5) is 0. The van der Waals surface area contributed by atoms with Crippen LogP contribution >= 0.6 is 0 Å². The molecule has 162 valence electrons. The molecule has 4 heteroatoms. The zero-order valence-electron chi connectivity index (χ0n) is 18.2. The second-order valence-corrected chi connectivity index (χ2v) is 10.9. The molecule has 3 saturated carbocycles. The molecule has 0 radical (unpaired) electrons. The highest BCUT2D eigenvalue weighted by molar-refractivity contribution is 5.96. The molecule has 0 spiro atoms. The van der Waals surface area contributed by atoms with Gasteiger partial charge in [0.05, 0.1) is 11.8 Å². The molecule has 0 amide bonds. The van der Waals surface area contributed by atoms with E-state index in [1.165, 1.54) is 5.57 Å². The molecular weight excluding hydrogens is 374 g/mol. The molecule has 0 aromatic heterocycles. The molecular formula is C26H35NO3. The zero-order chi connectivity index (χ0) is 21.1. The van der Waals surface area contributed by atoms with Crippen molar-refractivity contribution in [3.8, 4) is 0 Å². The van der Waals surface area contributed by atoms with Crippen LogP contribution in [0.15, 0.2) is 47.1 Å². The minimum absolute atomic E-state index is 0.167. The lowest BCUT2D eigenvalue weighted by atomic mass is 9.46. The van der Waals surface area contributed by atoms with Gasteiger partial charge in [0.15, 0.2) is 0 Å². The first-order chi connectivity index (χ1) is 14.3. The molecule has 7 atom stereocenters. The number of oxime groups is 1. The number of aliphatic hydroxyl groups is 2. The summed E-state index contributed by atoms with van der Waals surface area (Å²) in [6.07, 6.45) is 9.22. The van der Waals surface area contributed by atoms with Gasteiger partial charge in [-0.05, 0) is 73.7 Å². The summed E-state index contributed by atoms with van der Waals surface area (Å²) in [6, 6.07) is 10.1. The van der Waals surface area contributed by atoms with Crippen LogP contribution in [0.2, 0.25) is 0 Å². The van der Waals surface area contributed by atoms with Crippen LogP contribution in [-0.2, 0) is 6.42 Å². The Morgan fingerprint density at radius 3 is 2.53 bits per heavy atom. The number of nitrogens with zero attached hydrogens (tertiary/aromatic N) is 1. The molecule has 3 N–H and O–H groups in total. The van der Waals surface area contributed by atoms with Gasteiger partial charge < -0.3 is 15.4 Å².